The zero-order valence-corrected chi connectivity index (χ0v) is 8.50. The molecule has 0 N–H and O–H groups in total. The number of halogens is 1. The summed E-state index contributed by atoms with van der Waals surface area (Å²) in [7, 11) is 0. The molecule has 1 aromatic carbocycles. The molecule has 0 spiro atoms. The van der Waals surface area contributed by atoms with E-state index in [0.717, 1.165) is 17.4 Å². The Balaban J connectivity index is 2.47. The fourth-order valence-electron chi connectivity index (χ4n) is 1.72. The Morgan fingerprint density at radius 1 is 1.29 bits per heavy atom. The fraction of sp³-hybridized carbons (Fsp3) is 0.333. The molecule has 2 heteroatoms. The van der Waals surface area contributed by atoms with Crippen LogP contribution in [0.15, 0.2) is 30.5 Å². The average molecular weight is 191 g/mol. The maximum absolute atomic E-state index is 12.9. The normalized spacial score (nSPS) is 11.4. The van der Waals surface area contributed by atoms with Crippen LogP contribution >= 0.6 is 0 Å². The largest absolute Gasteiger partial charge is 0.347 e. The first kappa shape index (κ1) is 9.25. The average Bonchev–Trinajstić information content (AvgIpc) is 2.47. The minimum absolute atomic E-state index is 0.167. The van der Waals surface area contributed by atoms with Crippen LogP contribution in [-0.4, -0.2) is 4.57 Å². The molecule has 2 rings (SSSR count). The molecule has 1 heterocycles. The van der Waals surface area contributed by atoms with Gasteiger partial charge >= 0.3 is 0 Å². The summed E-state index contributed by atoms with van der Waals surface area (Å²) in [6.45, 7) is 5.33. The number of nitrogens with zero attached hydrogens (tertiary/aromatic N) is 1. The van der Waals surface area contributed by atoms with Gasteiger partial charge in [0.2, 0.25) is 0 Å². The van der Waals surface area contributed by atoms with E-state index in [4.69, 9.17) is 0 Å². The third kappa shape index (κ3) is 1.65. The highest BCUT2D eigenvalue weighted by Gasteiger charge is 2.03. The minimum atomic E-state index is -0.167. The summed E-state index contributed by atoms with van der Waals surface area (Å²) in [5.41, 5.74) is 1.11. The van der Waals surface area contributed by atoms with Gasteiger partial charge < -0.3 is 4.57 Å². The van der Waals surface area contributed by atoms with Gasteiger partial charge in [-0.15, -0.1) is 0 Å². The van der Waals surface area contributed by atoms with Crippen LogP contribution in [0.3, 0.4) is 0 Å². The van der Waals surface area contributed by atoms with Crippen molar-refractivity contribution in [1.82, 2.24) is 4.57 Å². The highest BCUT2D eigenvalue weighted by molar-refractivity contribution is 5.80. The van der Waals surface area contributed by atoms with E-state index >= 15 is 0 Å². The first-order chi connectivity index (χ1) is 6.66. The summed E-state index contributed by atoms with van der Waals surface area (Å²) in [6.07, 6.45) is 2.02. The summed E-state index contributed by atoms with van der Waals surface area (Å²) in [5, 5.41) is 0.977. The van der Waals surface area contributed by atoms with Crippen molar-refractivity contribution in [3.05, 3.63) is 36.3 Å². The zero-order valence-electron chi connectivity index (χ0n) is 8.50. The predicted molar refractivity (Wildman–Crippen MR) is 56.7 cm³/mol. The van der Waals surface area contributed by atoms with Crippen molar-refractivity contribution in [2.75, 3.05) is 0 Å². The first-order valence-corrected chi connectivity index (χ1v) is 4.91. The molecule has 2 aromatic rings. The standard InChI is InChI=1S/C12H14FN/c1-9(2)8-14-6-5-10-7-11(13)3-4-12(10)14/h3-7,9H,8H2,1-2H3. The lowest BCUT2D eigenvalue weighted by atomic mass is 10.2. The lowest BCUT2D eigenvalue weighted by Gasteiger charge is -2.07. The molecule has 0 bridgehead atoms. The molecular formula is C12H14FN. The Bertz CT molecular complexity index is 443. The molecule has 0 unspecified atom stereocenters. The van der Waals surface area contributed by atoms with Crippen molar-refractivity contribution in [3.8, 4) is 0 Å². The maximum Gasteiger partial charge on any atom is 0.123 e. The van der Waals surface area contributed by atoms with Crippen molar-refractivity contribution in [2.45, 2.75) is 20.4 Å². The smallest absolute Gasteiger partial charge is 0.123 e. The van der Waals surface area contributed by atoms with Crippen LogP contribution in [0.5, 0.6) is 0 Å². The van der Waals surface area contributed by atoms with Gasteiger partial charge in [-0.1, -0.05) is 13.8 Å². The van der Waals surface area contributed by atoms with E-state index in [1.54, 1.807) is 6.07 Å². The van der Waals surface area contributed by atoms with Crippen LogP contribution < -0.4 is 0 Å². The fourth-order valence-corrected chi connectivity index (χ4v) is 1.72. The second-order valence-corrected chi connectivity index (χ2v) is 4.07. The number of fused-ring (bicyclic) bond motifs is 1. The summed E-state index contributed by atoms with van der Waals surface area (Å²) < 4.78 is 15.1. The Kier molecular flexibility index (Phi) is 2.28. The predicted octanol–water partition coefficient (Wildman–Crippen LogP) is 3.44. The van der Waals surface area contributed by atoms with Gasteiger partial charge in [0, 0.05) is 23.6 Å². The van der Waals surface area contributed by atoms with Crippen molar-refractivity contribution < 1.29 is 4.39 Å². The van der Waals surface area contributed by atoms with E-state index in [1.807, 2.05) is 18.3 Å². The first-order valence-electron chi connectivity index (χ1n) is 4.91. The van der Waals surface area contributed by atoms with Gasteiger partial charge in [0.15, 0.2) is 0 Å². The van der Waals surface area contributed by atoms with E-state index in [9.17, 15) is 4.39 Å². The number of aromatic nitrogens is 1. The van der Waals surface area contributed by atoms with Crippen LogP contribution in [0, 0.1) is 11.7 Å². The van der Waals surface area contributed by atoms with Gasteiger partial charge in [0.1, 0.15) is 5.82 Å². The Hall–Kier alpha value is -1.31. The van der Waals surface area contributed by atoms with Gasteiger partial charge in [-0.2, -0.15) is 0 Å². The van der Waals surface area contributed by atoms with Crippen LogP contribution in [-0.2, 0) is 6.54 Å². The van der Waals surface area contributed by atoms with Crippen molar-refractivity contribution in [3.63, 3.8) is 0 Å². The molecule has 1 nitrogen and oxygen atoms in total. The summed E-state index contributed by atoms with van der Waals surface area (Å²) in [4.78, 5) is 0. The SMILES string of the molecule is CC(C)Cn1ccc2cc(F)ccc21. The lowest BCUT2D eigenvalue weighted by molar-refractivity contribution is 0.535. The van der Waals surface area contributed by atoms with Crippen LogP contribution in [0.1, 0.15) is 13.8 Å². The highest BCUT2D eigenvalue weighted by atomic mass is 19.1. The zero-order chi connectivity index (χ0) is 10.1. The van der Waals surface area contributed by atoms with Crippen molar-refractivity contribution >= 4 is 10.9 Å². The van der Waals surface area contributed by atoms with Crippen LogP contribution in [0.4, 0.5) is 4.39 Å². The molecule has 0 saturated carbocycles. The number of hydrogen-bond donors (Lipinski definition) is 0. The van der Waals surface area contributed by atoms with E-state index < -0.39 is 0 Å². The molecule has 0 fully saturated rings. The molecule has 0 amide bonds. The molecule has 74 valence electrons. The molecular weight excluding hydrogens is 177 g/mol. The monoisotopic (exact) mass is 191 g/mol. The molecule has 0 atom stereocenters. The highest BCUT2D eigenvalue weighted by Crippen LogP contribution is 2.18. The summed E-state index contributed by atoms with van der Waals surface area (Å²) >= 11 is 0. The Labute approximate surface area is 83.2 Å². The molecule has 14 heavy (non-hydrogen) atoms. The second-order valence-electron chi connectivity index (χ2n) is 4.07. The minimum Gasteiger partial charge on any atom is -0.347 e. The summed E-state index contributed by atoms with van der Waals surface area (Å²) in [6, 6.07) is 6.89. The third-order valence-corrected chi connectivity index (χ3v) is 2.29. The molecule has 1 aromatic heterocycles. The van der Waals surface area contributed by atoms with Crippen molar-refractivity contribution in [1.29, 1.82) is 0 Å². The molecule has 0 aliphatic rings. The van der Waals surface area contributed by atoms with Gasteiger partial charge in [-0.3, -0.25) is 0 Å². The van der Waals surface area contributed by atoms with E-state index in [0.29, 0.717) is 5.92 Å². The molecule has 0 aliphatic heterocycles. The molecule has 0 radical (unpaired) electrons. The number of hydrogen-bond acceptors (Lipinski definition) is 0. The number of benzene rings is 1. The van der Waals surface area contributed by atoms with Gasteiger partial charge in [0.25, 0.3) is 0 Å². The Morgan fingerprint density at radius 2 is 2.07 bits per heavy atom. The number of rotatable bonds is 2. The van der Waals surface area contributed by atoms with Crippen LogP contribution in [0.25, 0.3) is 10.9 Å². The maximum atomic E-state index is 12.9. The quantitative estimate of drug-likeness (QED) is 0.685. The van der Waals surface area contributed by atoms with E-state index in [1.165, 1.54) is 6.07 Å². The van der Waals surface area contributed by atoms with Crippen molar-refractivity contribution in [2.24, 2.45) is 5.92 Å². The topological polar surface area (TPSA) is 4.93 Å². The van der Waals surface area contributed by atoms with Gasteiger partial charge in [0.05, 0.1) is 0 Å². The summed E-state index contributed by atoms with van der Waals surface area (Å²) in [5.74, 6) is 0.440. The second kappa shape index (κ2) is 3.45. The third-order valence-electron chi connectivity index (χ3n) is 2.29. The van der Waals surface area contributed by atoms with E-state index in [2.05, 4.69) is 18.4 Å². The van der Waals surface area contributed by atoms with Crippen LogP contribution in [0.2, 0.25) is 0 Å². The van der Waals surface area contributed by atoms with E-state index in [-0.39, 0.29) is 5.82 Å². The Morgan fingerprint density at radius 3 is 2.79 bits per heavy atom. The lowest BCUT2D eigenvalue weighted by Crippen LogP contribution is -2.02. The van der Waals surface area contributed by atoms with Gasteiger partial charge in [-0.05, 0) is 30.2 Å². The molecule has 0 saturated heterocycles. The van der Waals surface area contributed by atoms with Gasteiger partial charge in [-0.25, -0.2) is 4.39 Å². The molecule has 0 aliphatic carbocycles.